The lowest BCUT2D eigenvalue weighted by Gasteiger charge is -2.22. The van der Waals surface area contributed by atoms with Crippen molar-refractivity contribution in [1.29, 1.82) is 0 Å². The maximum atomic E-state index is 9.04. The number of benzene rings is 1. The van der Waals surface area contributed by atoms with Crippen molar-refractivity contribution in [2.24, 2.45) is 0 Å². The van der Waals surface area contributed by atoms with Gasteiger partial charge in [-0.1, -0.05) is 12.1 Å². The standard InChI is InChI=1S/C12H17BO4/c14-13(15)10-4-3-6-11(8-10)17-9-12-5-1-2-7-16-12/h3-4,6,8,12,14-15H,1-2,5,7,9H2/t12-/m0/s1. The quantitative estimate of drug-likeness (QED) is 0.739. The van der Waals surface area contributed by atoms with Gasteiger partial charge in [-0.2, -0.15) is 0 Å². The molecule has 17 heavy (non-hydrogen) atoms. The number of hydrogen-bond donors (Lipinski definition) is 2. The Labute approximate surface area is 101 Å². The molecular weight excluding hydrogens is 219 g/mol. The molecule has 0 spiro atoms. The van der Waals surface area contributed by atoms with Gasteiger partial charge >= 0.3 is 7.12 Å². The van der Waals surface area contributed by atoms with Crippen molar-refractivity contribution in [3.8, 4) is 5.75 Å². The highest BCUT2D eigenvalue weighted by Crippen LogP contribution is 2.15. The van der Waals surface area contributed by atoms with E-state index in [1.54, 1.807) is 24.3 Å². The molecule has 1 saturated heterocycles. The SMILES string of the molecule is OB(O)c1cccc(OC[C@@H]2CCCCO2)c1. The topological polar surface area (TPSA) is 58.9 Å². The molecule has 0 radical (unpaired) electrons. The van der Waals surface area contributed by atoms with Crippen LogP contribution in [-0.4, -0.2) is 36.5 Å². The van der Waals surface area contributed by atoms with Crippen LogP contribution in [0.1, 0.15) is 19.3 Å². The third kappa shape index (κ3) is 3.73. The second-order valence-corrected chi connectivity index (χ2v) is 4.25. The normalized spacial score (nSPS) is 20.0. The molecular formula is C12H17BO4. The number of hydrogen-bond acceptors (Lipinski definition) is 4. The summed E-state index contributed by atoms with van der Waals surface area (Å²) in [4.78, 5) is 0. The van der Waals surface area contributed by atoms with Crippen LogP contribution in [0.5, 0.6) is 5.75 Å². The first-order valence-corrected chi connectivity index (χ1v) is 5.96. The van der Waals surface area contributed by atoms with Gasteiger partial charge in [0.2, 0.25) is 0 Å². The van der Waals surface area contributed by atoms with E-state index in [0.717, 1.165) is 19.4 Å². The summed E-state index contributed by atoms with van der Waals surface area (Å²) in [6, 6.07) is 6.82. The molecule has 1 atom stereocenters. The summed E-state index contributed by atoms with van der Waals surface area (Å²) in [6.07, 6.45) is 3.50. The largest absolute Gasteiger partial charge is 0.491 e. The zero-order valence-corrected chi connectivity index (χ0v) is 9.71. The van der Waals surface area contributed by atoms with Crippen LogP contribution in [0.3, 0.4) is 0 Å². The van der Waals surface area contributed by atoms with Crippen molar-refractivity contribution in [2.75, 3.05) is 13.2 Å². The predicted molar refractivity (Wildman–Crippen MR) is 65.4 cm³/mol. The van der Waals surface area contributed by atoms with E-state index < -0.39 is 7.12 Å². The molecule has 1 aliphatic heterocycles. The Bertz CT molecular complexity index is 350. The van der Waals surface area contributed by atoms with E-state index in [1.165, 1.54) is 6.42 Å². The molecule has 1 fully saturated rings. The van der Waals surface area contributed by atoms with Crippen LogP contribution in [0, 0.1) is 0 Å². The third-order valence-electron chi connectivity index (χ3n) is 2.87. The fourth-order valence-corrected chi connectivity index (χ4v) is 1.89. The third-order valence-corrected chi connectivity index (χ3v) is 2.87. The molecule has 0 saturated carbocycles. The van der Waals surface area contributed by atoms with E-state index in [4.69, 9.17) is 19.5 Å². The van der Waals surface area contributed by atoms with E-state index >= 15 is 0 Å². The van der Waals surface area contributed by atoms with Crippen LogP contribution in [-0.2, 0) is 4.74 Å². The Morgan fingerprint density at radius 2 is 2.24 bits per heavy atom. The highest BCUT2D eigenvalue weighted by Gasteiger charge is 2.15. The van der Waals surface area contributed by atoms with Crippen molar-refractivity contribution in [3.05, 3.63) is 24.3 Å². The molecule has 1 aromatic carbocycles. The Kier molecular flexibility index (Phi) is 4.42. The van der Waals surface area contributed by atoms with Gasteiger partial charge in [-0.25, -0.2) is 0 Å². The highest BCUT2D eigenvalue weighted by molar-refractivity contribution is 6.58. The molecule has 0 aliphatic carbocycles. The molecule has 1 aliphatic rings. The fraction of sp³-hybridized carbons (Fsp3) is 0.500. The Hall–Kier alpha value is -1.04. The van der Waals surface area contributed by atoms with Gasteiger partial charge in [-0.15, -0.1) is 0 Å². The fourth-order valence-electron chi connectivity index (χ4n) is 1.89. The van der Waals surface area contributed by atoms with E-state index in [1.807, 2.05) is 0 Å². The van der Waals surface area contributed by atoms with Gasteiger partial charge in [0, 0.05) is 6.61 Å². The van der Waals surface area contributed by atoms with Crippen LogP contribution in [0.25, 0.3) is 0 Å². The van der Waals surface area contributed by atoms with Crippen molar-refractivity contribution in [3.63, 3.8) is 0 Å². The van der Waals surface area contributed by atoms with Crippen LogP contribution >= 0.6 is 0 Å². The zero-order chi connectivity index (χ0) is 12.1. The maximum Gasteiger partial charge on any atom is 0.488 e. The summed E-state index contributed by atoms with van der Waals surface area (Å²) in [5, 5.41) is 18.1. The minimum atomic E-state index is -1.45. The van der Waals surface area contributed by atoms with E-state index in [0.29, 0.717) is 17.8 Å². The first-order chi connectivity index (χ1) is 8.25. The molecule has 2 rings (SSSR count). The van der Waals surface area contributed by atoms with Gasteiger partial charge < -0.3 is 19.5 Å². The molecule has 0 bridgehead atoms. The van der Waals surface area contributed by atoms with Crippen molar-refractivity contribution < 1.29 is 19.5 Å². The molecule has 0 amide bonds. The summed E-state index contributed by atoms with van der Waals surface area (Å²) >= 11 is 0. The van der Waals surface area contributed by atoms with E-state index in [2.05, 4.69) is 0 Å². The van der Waals surface area contributed by atoms with Crippen LogP contribution in [0.4, 0.5) is 0 Å². The summed E-state index contributed by atoms with van der Waals surface area (Å²) < 4.78 is 11.1. The summed E-state index contributed by atoms with van der Waals surface area (Å²) in [7, 11) is -1.45. The van der Waals surface area contributed by atoms with Gasteiger partial charge in [0.1, 0.15) is 12.4 Å². The van der Waals surface area contributed by atoms with Gasteiger partial charge in [0.05, 0.1) is 6.10 Å². The van der Waals surface area contributed by atoms with Crippen molar-refractivity contribution in [1.82, 2.24) is 0 Å². The van der Waals surface area contributed by atoms with Gasteiger partial charge in [-0.05, 0) is 36.9 Å². The predicted octanol–water partition coefficient (Wildman–Crippen LogP) is 0.314. The van der Waals surface area contributed by atoms with E-state index in [-0.39, 0.29) is 6.10 Å². The Morgan fingerprint density at radius 3 is 2.94 bits per heavy atom. The second kappa shape index (κ2) is 6.05. The van der Waals surface area contributed by atoms with E-state index in [9.17, 15) is 0 Å². The monoisotopic (exact) mass is 236 g/mol. The molecule has 92 valence electrons. The first kappa shape index (κ1) is 12.4. The first-order valence-electron chi connectivity index (χ1n) is 5.96. The summed E-state index contributed by atoms with van der Waals surface area (Å²) in [6.45, 7) is 1.33. The van der Waals surface area contributed by atoms with Crippen molar-refractivity contribution in [2.45, 2.75) is 25.4 Å². The smallest absolute Gasteiger partial charge is 0.488 e. The van der Waals surface area contributed by atoms with Crippen LogP contribution < -0.4 is 10.2 Å². The molecule has 4 nitrogen and oxygen atoms in total. The molecule has 0 aromatic heterocycles. The lowest BCUT2D eigenvalue weighted by molar-refractivity contribution is -0.0110. The van der Waals surface area contributed by atoms with Crippen molar-refractivity contribution >= 4 is 12.6 Å². The summed E-state index contributed by atoms with van der Waals surface area (Å²) in [5.41, 5.74) is 0.437. The average Bonchev–Trinajstić information content (AvgIpc) is 2.38. The number of rotatable bonds is 4. The Morgan fingerprint density at radius 1 is 1.35 bits per heavy atom. The summed E-state index contributed by atoms with van der Waals surface area (Å²) in [5.74, 6) is 0.643. The Balaban J connectivity index is 1.87. The van der Waals surface area contributed by atoms with Gasteiger partial charge in [0.15, 0.2) is 0 Å². The molecule has 2 N–H and O–H groups in total. The molecule has 1 aromatic rings. The second-order valence-electron chi connectivity index (χ2n) is 4.25. The average molecular weight is 236 g/mol. The zero-order valence-electron chi connectivity index (χ0n) is 9.71. The van der Waals surface area contributed by atoms with Crippen LogP contribution in [0.15, 0.2) is 24.3 Å². The lowest BCUT2D eigenvalue weighted by Crippen LogP contribution is -2.30. The number of ether oxygens (including phenoxy) is 2. The molecule has 5 heteroatoms. The molecule has 0 unspecified atom stereocenters. The van der Waals surface area contributed by atoms with Crippen LogP contribution in [0.2, 0.25) is 0 Å². The molecule has 1 heterocycles. The maximum absolute atomic E-state index is 9.04. The minimum Gasteiger partial charge on any atom is -0.491 e. The van der Waals surface area contributed by atoms with Gasteiger partial charge in [-0.3, -0.25) is 0 Å². The minimum absolute atomic E-state index is 0.159. The van der Waals surface area contributed by atoms with Gasteiger partial charge in [0.25, 0.3) is 0 Å². The highest BCUT2D eigenvalue weighted by atomic mass is 16.5. The lowest BCUT2D eigenvalue weighted by atomic mass is 9.80.